The summed E-state index contributed by atoms with van der Waals surface area (Å²) in [6.07, 6.45) is 36.9. The van der Waals surface area contributed by atoms with Gasteiger partial charge in [-0.25, -0.2) is 0 Å². The van der Waals surface area contributed by atoms with Crippen LogP contribution in [0.2, 0.25) is 0 Å². The van der Waals surface area contributed by atoms with Crippen LogP contribution in [0.5, 0.6) is 0 Å². The largest absolute Gasteiger partial charge is 0.371 e. The van der Waals surface area contributed by atoms with E-state index in [4.69, 9.17) is 15.0 Å². The second-order valence-electron chi connectivity index (χ2n) is 44.9. The fourth-order valence-corrected chi connectivity index (χ4v) is 23.2. The third-order valence-corrected chi connectivity index (χ3v) is 26.7. The predicted molar refractivity (Wildman–Crippen MR) is 527 cm³/mol. The third kappa shape index (κ3) is 32.2. The molecule has 0 bridgehead atoms. The molecule has 0 spiro atoms. The van der Waals surface area contributed by atoms with Crippen molar-refractivity contribution < 1.29 is 0 Å². The van der Waals surface area contributed by atoms with Crippen molar-refractivity contribution in [1.82, 2.24) is 41.5 Å². The molecule has 16 nitrogen and oxygen atoms in total. The van der Waals surface area contributed by atoms with E-state index in [0.29, 0.717) is 30.2 Å². The van der Waals surface area contributed by atoms with E-state index in [9.17, 15) is 0 Å². The van der Waals surface area contributed by atoms with E-state index in [0.717, 1.165) is 205 Å². The lowest BCUT2D eigenvalue weighted by atomic mass is 9.78. The Kier molecular flexibility index (Phi) is 39.3. The number of nitrogens with one attached hydrogen (secondary N) is 5. The average Bonchev–Trinajstić information content (AvgIpc) is 0.770. The van der Waals surface area contributed by atoms with Crippen LogP contribution in [0.4, 0.5) is 46.0 Å². The Morgan fingerprint density at radius 2 is 0.420 bits per heavy atom. The number of aromatic nitrogens is 3. The lowest BCUT2D eigenvalue weighted by molar-refractivity contribution is 0.156. The number of nitrogens with zero attached hydrogens (tertiary/aromatic N) is 11. The summed E-state index contributed by atoms with van der Waals surface area (Å²) in [4.78, 5) is 38.3. The van der Waals surface area contributed by atoms with Gasteiger partial charge in [0.05, 0.1) is 0 Å². The van der Waals surface area contributed by atoms with Crippen molar-refractivity contribution in [3.8, 4) is 0 Å². The number of piperidine rings is 5. The van der Waals surface area contributed by atoms with Crippen LogP contribution in [0.15, 0.2) is 36.4 Å². The number of anilines is 8. The van der Waals surface area contributed by atoms with Gasteiger partial charge in [0.15, 0.2) is 0 Å². The van der Waals surface area contributed by atoms with Crippen LogP contribution in [0.3, 0.4) is 0 Å². The highest BCUT2D eigenvalue weighted by Crippen LogP contribution is 2.45. The first-order valence-electron chi connectivity index (χ1n) is 48.9. The second-order valence-corrected chi connectivity index (χ2v) is 44.9. The van der Waals surface area contributed by atoms with Crippen molar-refractivity contribution in [2.24, 2.45) is 0 Å². The van der Waals surface area contributed by atoms with Crippen LogP contribution in [-0.2, 0) is 0 Å². The number of benzene rings is 2. The quantitative estimate of drug-likeness (QED) is 0.0344. The van der Waals surface area contributed by atoms with Gasteiger partial charge in [0.2, 0.25) is 11.9 Å². The van der Waals surface area contributed by atoms with Crippen LogP contribution in [0, 0.1) is 6.92 Å². The summed E-state index contributed by atoms with van der Waals surface area (Å²) in [6, 6.07) is 18.0. The van der Waals surface area contributed by atoms with Gasteiger partial charge in [0, 0.05) is 192 Å². The molecule has 2 aromatic carbocycles. The van der Waals surface area contributed by atoms with Crippen LogP contribution in [0.1, 0.15) is 413 Å². The molecular weight excluding hydrogens is 1460 g/mol. The van der Waals surface area contributed by atoms with Crippen molar-refractivity contribution in [2.75, 3.05) is 111 Å². The first-order chi connectivity index (χ1) is 54.9. The Morgan fingerprint density at radius 1 is 0.235 bits per heavy atom. The number of hydrogen-bond donors (Lipinski definition) is 5. The summed E-state index contributed by atoms with van der Waals surface area (Å²) in [6.45, 7) is 79.3. The molecule has 119 heavy (non-hydrogen) atoms. The fraction of sp³-hybridized carbons (Fsp3) is 0.854. The average molecular weight is 1660 g/mol. The maximum Gasteiger partial charge on any atom is 0.230 e. The zero-order valence-corrected chi connectivity index (χ0v) is 81.7. The minimum Gasteiger partial charge on any atom is -0.371 e. The molecule has 5 aliphatic rings. The number of aryl methyl sites for hydroxylation is 1. The summed E-state index contributed by atoms with van der Waals surface area (Å²) in [5, 5.41) is 20.6. The molecule has 0 radical (unpaired) electrons. The van der Waals surface area contributed by atoms with E-state index >= 15 is 0 Å². The molecule has 3 aromatic rings. The molecule has 5 fully saturated rings. The lowest BCUT2D eigenvalue weighted by Crippen LogP contribution is -2.63. The van der Waals surface area contributed by atoms with Gasteiger partial charge in [-0.3, -0.25) is 0 Å². The minimum absolute atomic E-state index is 0. The van der Waals surface area contributed by atoms with Crippen molar-refractivity contribution in [3.05, 3.63) is 42.2 Å². The van der Waals surface area contributed by atoms with Gasteiger partial charge in [-0.1, -0.05) is 134 Å². The molecule has 5 aliphatic heterocycles. The molecule has 686 valence electrons. The van der Waals surface area contributed by atoms with Crippen molar-refractivity contribution >= 4 is 46.0 Å². The summed E-state index contributed by atoms with van der Waals surface area (Å²) >= 11 is 0. The van der Waals surface area contributed by atoms with Crippen LogP contribution < -0.4 is 65.8 Å². The molecule has 0 aliphatic carbocycles. The molecule has 0 atom stereocenters. The first kappa shape index (κ1) is 103. The molecular formula is C103H194N16. The second kappa shape index (κ2) is 45.2. The normalized spacial score (nSPS) is 20.6. The zero-order valence-electron chi connectivity index (χ0n) is 81.7. The van der Waals surface area contributed by atoms with Gasteiger partial charge < -0.3 is 65.8 Å². The van der Waals surface area contributed by atoms with Gasteiger partial charge in [-0.2, -0.15) is 15.0 Å². The molecule has 8 rings (SSSR count). The fourth-order valence-electron chi connectivity index (χ4n) is 23.2. The van der Waals surface area contributed by atoms with Gasteiger partial charge >= 0.3 is 0 Å². The van der Waals surface area contributed by atoms with E-state index in [1.807, 2.05) is 0 Å². The van der Waals surface area contributed by atoms with Gasteiger partial charge in [-0.15, -0.1) is 0 Å². The summed E-state index contributed by atoms with van der Waals surface area (Å²) in [7, 11) is 0. The molecule has 0 unspecified atom stereocenters. The summed E-state index contributed by atoms with van der Waals surface area (Å²) in [5.41, 5.74) is 8.50. The van der Waals surface area contributed by atoms with Gasteiger partial charge in [0.1, 0.15) is 5.82 Å². The van der Waals surface area contributed by atoms with Gasteiger partial charge in [-0.05, 0) is 317 Å². The van der Waals surface area contributed by atoms with E-state index in [1.54, 1.807) is 0 Å². The highest BCUT2D eigenvalue weighted by molar-refractivity contribution is 5.72. The topological polar surface area (TPSA) is 125 Å². The Labute approximate surface area is 736 Å². The Balaban J connectivity index is 0.0000110. The standard InChI is InChI=1S/C101H186N16.2CH4/c1-29-36-51-110(52-37-30-2)79-62-80(111(53-38-31-3)54-39-32-4)64-81(63-79)114(86-70-94(13,14)106-95(15,16)71-86)58-47-43-44-48-59-115(87-72-96(17,18)107-97(19,20)73-87)83-65-82(113(57-42-35-7)85-68-92(9,10)105-93(11,12)69-85)66-84(67-83)116(88-74-98(21,22)108-99(23,24)75-88)60-49-45-46-50-61-117(89-76-100(25,26)109-101(27,28)77-89)91-103-78(8)102-90(104-91)112(55-40-33-5)56-41-34-6;;/h62-67,85-89,105-109H,29-61,68-77H2,1-28H3;2*1H4. The highest BCUT2D eigenvalue weighted by atomic mass is 15.4. The Hall–Kier alpha value is -4.35. The highest BCUT2D eigenvalue weighted by Gasteiger charge is 2.47. The molecule has 1 aromatic heterocycles. The molecule has 6 heterocycles. The van der Waals surface area contributed by atoms with E-state index < -0.39 is 0 Å². The lowest BCUT2D eigenvalue weighted by Gasteiger charge is -2.52. The summed E-state index contributed by atoms with van der Waals surface area (Å²) < 4.78 is 0. The predicted octanol–water partition coefficient (Wildman–Crippen LogP) is 24.6. The number of hydrogen-bond acceptors (Lipinski definition) is 16. The Morgan fingerprint density at radius 3 is 0.664 bits per heavy atom. The zero-order chi connectivity index (χ0) is 86.0. The monoisotopic (exact) mass is 1660 g/mol. The third-order valence-electron chi connectivity index (χ3n) is 26.7. The smallest absolute Gasteiger partial charge is 0.230 e. The van der Waals surface area contributed by atoms with Crippen molar-refractivity contribution in [2.45, 2.75) is 500 Å². The van der Waals surface area contributed by atoms with E-state index in [1.165, 1.54) is 124 Å². The summed E-state index contributed by atoms with van der Waals surface area (Å²) in [5.74, 6) is 2.55. The van der Waals surface area contributed by atoms with Gasteiger partial charge in [0.25, 0.3) is 0 Å². The minimum atomic E-state index is -0.0292. The molecule has 0 amide bonds. The van der Waals surface area contributed by atoms with E-state index in [2.05, 4.69) is 296 Å². The van der Waals surface area contributed by atoms with Crippen LogP contribution in [-0.4, -0.2) is 173 Å². The van der Waals surface area contributed by atoms with Crippen molar-refractivity contribution in [3.63, 3.8) is 0 Å². The van der Waals surface area contributed by atoms with Crippen LogP contribution in [0.25, 0.3) is 0 Å². The van der Waals surface area contributed by atoms with Crippen molar-refractivity contribution in [1.29, 1.82) is 0 Å². The molecule has 0 saturated carbocycles. The molecule has 5 N–H and O–H groups in total. The van der Waals surface area contributed by atoms with E-state index in [-0.39, 0.29) is 70.2 Å². The maximum absolute atomic E-state index is 5.48. The van der Waals surface area contributed by atoms with Crippen LogP contribution >= 0.6 is 0 Å². The first-order valence-corrected chi connectivity index (χ1v) is 48.9. The SMILES string of the molecule is C.C.CCCCN(CCCC)c1cc(N(CCCC)CCCC)cc(N(CCCCCCN(c2cc(N(CCCC)C3CC(C)(C)NC(C)(C)C3)cc(N(CCCCCCN(c3nc(C)nc(N(CCCC)CCCC)n3)C3CC(C)(C)NC(C)(C)C3)C3CC(C)(C)NC(C)(C)C3)c2)C2CC(C)(C)NC(C)(C)C2)C2CC(C)(C)NC(C)(C)C2)c1. The molecule has 5 saturated heterocycles. The maximum atomic E-state index is 5.48. The number of rotatable bonds is 48. The number of unbranched alkanes of at least 4 members (excludes halogenated alkanes) is 13. The molecule has 16 heteroatoms. The Bertz CT molecular complexity index is 3280.